The summed E-state index contributed by atoms with van der Waals surface area (Å²) in [5.41, 5.74) is 4.02. The molecule has 0 unspecified atom stereocenters. The molecule has 1 aliphatic heterocycles. The summed E-state index contributed by atoms with van der Waals surface area (Å²) in [6.45, 7) is 0.429. The van der Waals surface area contributed by atoms with Gasteiger partial charge in [0.15, 0.2) is 5.75 Å². The molecule has 0 spiro atoms. The van der Waals surface area contributed by atoms with Crippen LogP contribution in [0.3, 0.4) is 0 Å². The third-order valence-electron chi connectivity index (χ3n) is 5.70. The summed E-state index contributed by atoms with van der Waals surface area (Å²) in [4.78, 5) is 31.5. The van der Waals surface area contributed by atoms with Crippen LogP contribution in [0, 0.1) is 5.92 Å². The molecule has 1 fully saturated rings. The fraction of sp³-hybridized carbons (Fsp3) is 0.304. The monoisotopic (exact) mass is 417 g/mol. The number of aromatic nitrogens is 3. The van der Waals surface area contributed by atoms with Crippen molar-refractivity contribution in [3.63, 3.8) is 0 Å². The first-order chi connectivity index (χ1) is 15.0. The SMILES string of the molecule is COc1c(Nc2cc(CC(=O)C3CC3)nc3c2C(=O)N(C)C3)cccc1-n1cccn1. The zero-order valence-electron chi connectivity index (χ0n) is 17.5. The number of ether oxygens (including phenoxy) is 1. The van der Waals surface area contributed by atoms with Gasteiger partial charge in [0.2, 0.25) is 0 Å². The number of carbonyl (C=O) groups is 2. The van der Waals surface area contributed by atoms with Crippen molar-refractivity contribution in [2.75, 3.05) is 19.5 Å². The fourth-order valence-electron chi connectivity index (χ4n) is 3.99. The number of nitrogens with zero attached hydrogens (tertiary/aromatic N) is 4. The van der Waals surface area contributed by atoms with Gasteiger partial charge in [0.25, 0.3) is 5.91 Å². The highest BCUT2D eigenvalue weighted by atomic mass is 16.5. The van der Waals surface area contributed by atoms with Gasteiger partial charge in [-0.1, -0.05) is 6.07 Å². The zero-order chi connectivity index (χ0) is 21.5. The lowest BCUT2D eigenvalue weighted by Crippen LogP contribution is -2.18. The van der Waals surface area contributed by atoms with Crippen LogP contribution in [0.25, 0.3) is 5.69 Å². The summed E-state index contributed by atoms with van der Waals surface area (Å²) < 4.78 is 7.41. The number of methoxy groups -OCH3 is 1. The number of pyridine rings is 1. The Bertz CT molecular complexity index is 1170. The molecule has 0 bridgehead atoms. The maximum absolute atomic E-state index is 12.8. The number of carbonyl (C=O) groups excluding carboxylic acids is 2. The summed E-state index contributed by atoms with van der Waals surface area (Å²) in [6.07, 6.45) is 5.76. The van der Waals surface area contributed by atoms with E-state index in [1.54, 1.807) is 29.9 Å². The summed E-state index contributed by atoms with van der Waals surface area (Å²) in [5.74, 6) is 0.898. The van der Waals surface area contributed by atoms with Crippen LogP contribution >= 0.6 is 0 Å². The molecule has 31 heavy (non-hydrogen) atoms. The van der Waals surface area contributed by atoms with Gasteiger partial charge in [0, 0.05) is 31.8 Å². The van der Waals surface area contributed by atoms with Gasteiger partial charge in [0.05, 0.1) is 42.0 Å². The van der Waals surface area contributed by atoms with Gasteiger partial charge in [-0.3, -0.25) is 14.6 Å². The second kappa shape index (κ2) is 7.54. The standard InChI is InChI=1S/C23H23N5O3/c1-27-13-18-21(23(27)30)17(11-15(25-18)12-20(29)14-7-8-14)26-16-5-3-6-19(22(16)31-2)28-10-4-9-24-28/h3-6,9-11,14H,7-8,12-13H2,1-2H3,(H,25,26). The largest absolute Gasteiger partial charge is 0.492 e. The van der Waals surface area contributed by atoms with E-state index in [1.165, 1.54) is 0 Å². The van der Waals surface area contributed by atoms with E-state index in [2.05, 4.69) is 15.4 Å². The Labute approximate surface area is 179 Å². The Balaban J connectivity index is 1.56. The molecule has 2 aliphatic rings. The van der Waals surface area contributed by atoms with Crippen LogP contribution in [-0.4, -0.2) is 45.5 Å². The Morgan fingerprint density at radius 3 is 2.81 bits per heavy atom. The Kier molecular flexibility index (Phi) is 4.69. The van der Waals surface area contributed by atoms with Gasteiger partial charge in [-0.25, -0.2) is 4.68 Å². The lowest BCUT2D eigenvalue weighted by Gasteiger charge is -2.17. The van der Waals surface area contributed by atoms with Gasteiger partial charge < -0.3 is 15.0 Å². The molecule has 1 aliphatic carbocycles. The predicted molar refractivity (Wildman–Crippen MR) is 115 cm³/mol. The smallest absolute Gasteiger partial charge is 0.257 e. The first-order valence-electron chi connectivity index (χ1n) is 10.3. The minimum absolute atomic E-state index is 0.0905. The van der Waals surface area contributed by atoms with Gasteiger partial charge >= 0.3 is 0 Å². The van der Waals surface area contributed by atoms with E-state index in [1.807, 2.05) is 36.5 Å². The molecular formula is C23H23N5O3. The highest BCUT2D eigenvalue weighted by molar-refractivity contribution is 6.04. The molecule has 3 aromatic rings. The predicted octanol–water partition coefficient (Wildman–Crippen LogP) is 3.13. The van der Waals surface area contributed by atoms with Crippen molar-refractivity contribution in [3.05, 3.63) is 59.7 Å². The van der Waals surface area contributed by atoms with E-state index < -0.39 is 0 Å². The van der Waals surface area contributed by atoms with E-state index >= 15 is 0 Å². The van der Waals surface area contributed by atoms with E-state index in [0.717, 1.165) is 18.5 Å². The molecule has 2 aromatic heterocycles. The lowest BCUT2D eigenvalue weighted by molar-refractivity contribution is -0.119. The summed E-state index contributed by atoms with van der Waals surface area (Å²) in [6, 6.07) is 9.35. The lowest BCUT2D eigenvalue weighted by atomic mass is 10.1. The molecule has 3 heterocycles. The molecule has 1 saturated carbocycles. The van der Waals surface area contributed by atoms with Crippen LogP contribution in [0.2, 0.25) is 0 Å². The van der Waals surface area contributed by atoms with Crippen LogP contribution in [-0.2, 0) is 17.8 Å². The molecule has 0 radical (unpaired) electrons. The van der Waals surface area contributed by atoms with E-state index in [9.17, 15) is 9.59 Å². The molecule has 8 nitrogen and oxygen atoms in total. The number of fused-ring (bicyclic) bond motifs is 1. The minimum Gasteiger partial charge on any atom is -0.492 e. The number of anilines is 2. The highest BCUT2D eigenvalue weighted by Gasteiger charge is 2.33. The summed E-state index contributed by atoms with van der Waals surface area (Å²) in [7, 11) is 3.35. The minimum atomic E-state index is -0.0905. The number of amides is 1. The fourth-order valence-corrected chi connectivity index (χ4v) is 3.99. The van der Waals surface area contributed by atoms with Crippen molar-refractivity contribution in [1.82, 2.24) is 19.7 Å². The molecular weight excluding hydrogens is 394 g/mol. The molecule has 5 rings (SSSR count). The molecule has 1 amide bonds. The van der Waals surface area contributed by atoms with Gasteiger partial charge in [-0.15, -0.1) is 0 Å². The Morgan fingerprint density at radius 1 is 1.26 bits per heavy atom. The molecule has 158 valence electrons. The van der Waals surface area contributed by atoms with Crippen LogP contribution in [0.4, 0.5) is 11.4 Å². The average molecular weight is 417 g/mol. The summed E-state index contributed by atoms with van der Waals surface area (Å²) >= 11 is 0. The number of benzene rings is 1. The van der Waals surface area contributed by atoms with Gasteiger partial charge in [0.1, 0.15) is 11.5 Å². The third-order valence-corrected chi connectivity index (χ3v) is 5.70. The maximum Gasteiger partial charge on any atom is 0.257 e. The van der Waals surface area contributed by atoms with Crippen LogP contribution in [0.5, 0.6) is 5.75 Å². The second-order valence-corrected chi connectivity index (χ2v) is 8.00. The topological polar surface area (TPSA) is 89.3 Å². The molecule has 1 N–H and O–H groups in total. The van der Waals surface area contributed by atoms with Crippen molar-refractivity contribution in [3.8, 4) is 11.4 Å². The van der Waals surface area contributed by atoms with Crippen molar-refractivity contribution < 1.29 is 14.3 Å². The summed E-state index contributed by atoms with van der Waals surface area (Å²) in [5, 5.41) is 7.66. The average Bonchev–Trinajstić information content (AvgIpc) is 3.39. The zero-order valence-corrected chi connectivity index (χ0v) is 17.5. The highest BCUT2D eigenvalue weighted by Crippen LogP contribution is 2.37. The number of nitrogens with one attached hydrogen (secondary N) is 1. The normalized spacial score (nSPS) is 15.2. The van der Waals surface area contributed by atoms with Crippen LogP contribution in [0.1, 0.15) is 34.6 Å². The molecule has 0 saturated heterocycles. The van der Waals surface area contributed by atoms with E-state index in [-0.39, 0.29) is 24.0 Å². The number of para-hydroxylation sites is 1. The number of hydrogen-bond acceptors (Lipinski definition) is 6. The van der Waals surface area contributed by atoms with E-state index in [0.29, 0.717) is 40.6 Å². The number of ketones is 1. The van der Waals surface area contributed by atoms with Gasteiger partial charge in [-0.05, 0) is 37.1 Å². The number of rotatable bonds is 7. The first kappa shape index (κ1) is 19.3. The first-order valence-corrected chi connectivity index (χ1v) is 10.3. The Hall–Kier alpha value is -3.68. The maximum atomic E-state index is 12.8. The van der Waals surface area contributed by atoms with Crippen molar-refractivity contribution >= 4 is 23.1 Å². The van der Waals surface area contributed by atoms with E-state index in [4.69, 9.17) is 4.74 Å². The molecule has 1 aromatic carbocycles. The van der Waals surface area contributed by atoms with Crippen LogP contribution < -0.4 is 10.1 Å². The van der Waals surface area contributed by atoms with Crippen LogP contribution in [0.15, 0.2) is 42.7 Å². The quantitative estimate of drug-likeness (QED) is 0.635. The van der Waals surface area contributed by atoms with Crippen molar-refractivity contribution in [2.24, 2.45) is 5.92 Å². The van der Waals surface area contributed by atoms with Crippen molar-refractivity contribution in [2.45, 2.75) is 25.8 Å². The number of hydrogen-bond donors (Lipinski definition) is 1. The van der Waals surface area contributed by atoms with Gasteiger partial charge in [-0.2, -0.15) is 5.10 Å². The van der Waals surface area contributed by atoms with Crippen molar-refractivity contribution in [1.29, 1.82) is 0 Å². The Morgan fingerprint density at radius 2 is 2.10 bits per heavy atom. The molecule has 8 heteroatoms. The third kappa shape index (κ3) is 3.54. The molecule has 0 atom stereocenters. The second-order valence-electron chi connectivity index (χ2n) is 8.00. The number of Topliss-reactive ketones (excluding diaryl/α,β-unsaturated/α-hetero) is 1.